The number of rotatable bonds is 5. The zero-order valence-electron chi connectivity index (χ0n) is 25.8. The van der Waals surface area contributed by atoms with E-state index < -0.39 is 7.92 Å². The van der Waals surface area contributed by atoms with Gasteiger partial charge in [0.1, 0.15) is 17.2 Å². The molecule has 0 aliphatic heterocycles. The average Bonchev–Trinajstić information content (AvgIpc) is 2.79. The normalized spacial score (nSPS) is 12.7. The average molecular weight is 535 g/mol. The molecule has 3 nitrogen and oxygen atoms in total. The molecule has 0 spiro atoms. The van der Waals surface area contributed by atoms with E-state index in [1.807, 2.05) is 6.07 Å². The first kappa shape index (κ1) is 30.0. The Bertz CT molecular complexity index is 1250. The highest BCUT2D eigenvalue weighted by Crippen LogP contribution is 2.47. The minimum absolute atomic E-state index is 0.0183. The van der Waals surface area contributed by atoms with Crippen LogP contribution in [-0.2, 0) is 16.2 Å². The van der Waals surface area contributed by atoms with Crippen molar-refractivity contribution in [2.24, 2.45) is 0 Å². The van der Waals surface area contributed by atoms with Crippen LogP contribution in [0, 0.1) is 13.8 Å². The molecular formula is C34H47O3P. The first-order valence-electron chi connectivity index (χ1n) is 13.4. The van der Waals surface area contributed by atoms with Gasteiger partial charge >= 0.3 is 0 Å². The Balaban J connectivity index is 2.51. The quantitative estimate of drug-likeness (QED) is 0.341. The smallest absolute Gasteiger partial charge is 0.127 e. The Kier molecular flexibility index (Phi) is 8.36. The van der Waals surface area contributed by atoms with E-state index in [0.29, 0.717) is 5.75 Å². The highest BCUT2D eigenvalue weighted by Gasteiger charge is 2.33. The SMILES string of the molecule is COc1cc(C(C)(C)C)cc(C)c1P(c1cccc(C(C)(C)C)c1O)c1c(C)cc(C(C)(C)C)cc1OC. The Labute approximate surface area is 232 Å². The number of aromatic hydroxyl groups is 1. The topological polar surface area (TPSA) is 38.7 Å². The Morgan fingerprint density at radius 1 is 0.632 bits per heavy atom. The lowest BCUT2D eigenvalue weighted by atomic mass is 9.86. The van der Waals surface area contributed by atoms with Gasteiger partial charge in [0.25, 0.3) is 0 Å². The summed E-state index contributed by atoms with van der Waals surface area (Å²) in [5.74, 6) is 2.06. The first-order valence-corrected chi connectivity index (χ1v) is 14.8. The zero-order chi connectivity index (χ0) is 28.8. The Hall–Kier alpha value is -2.51. The maximum Gasteiger partial charge on any atom is 0.127 e. The van der Waals surface area contributed by atoms with Crippen LogP contribution in [0.25, 0.3) is 0 Å². The molecule has 0 radical (unpaired) electrons. The van der Waals surface area contributed by atoms with E-state index in [-0.39, 0.29) is 16.2 Å². The second kappa shape index (κ2) is 10.6. The van der Waals surface area contributed by atoms with E-state index in [2.05, 4.69) is 113 Å². The molecular weight excluding hydrogens is 487 g/mol. The second-order valence-electron chi connectivity index (χ2n) is 13.4. The number of ether oxygens (including phenoxy) is 2. The fourth-order valence-electron chi connectivity index (χ4n) is 4.91. The number of para-hydroxylation sites is 1. The van der Waals surface area contributed by atoms with Crippen molar-refractivity contribution in [1.29, 1.82) is 0 Å². The van der Waals surface area contributed by atoms with Gasteiger partial charge < -0.3 is 14.6 Å². The van der Waals surface area contributed by atoms with Gasteiger partial charge in [-0.05, 0) is 78.0 Å². The van der Waals surface area contributed by atoms with Crippen molar-refractivity contribution in [3.63, 3.8) is 0 Å². The van der Waals surface area contributed by atoms with Crippen molar-refractivity contribution in [1.82, 2.24) is 0 Å². The van der Waals surface area contributed by atoms with E-state index in [1.165, 1.54) is 11.1 Å². The minimum atomic E-state index is -1.22. The van der Waals surface area contributed by atoms with Crippen LogP contribution in [-0.4, -0.2) is 19.3 Å². The lowest BCUT2D eigenvalue weighted by Gasteiger charge is -2.31. The minimum Gasteiger partial charge on any atom is -0.507 e. The van der Waals surface area contributed by atoms with Gasteiger partial charge in [-0.2, -0.15) is 0 Å². The third-order valence-corrected chi connectivity index (χ3v) is 10.1. The predicted octanol–water partition coefficient (Wildman–Crippen LogP) is 7.68. The fourth-order valence-corrected chi connectivity index (χ4v) is 7.77. The summed E-state index contributed by atoms with van der Waals surface area (Å²) >= 11 is 0. The largest absolute Gasteiger partial charge is 0.507 e. The van der Waals surface area contributed by atoms with Crippen LogP contribution in [0.15, 0.2) is 42.5 Å². The second-order valence-corrected chi connectivity index (χ2v) is 15.5. The number of methoxy groups -OCH3 is 2. The van der Waals surface area contributed by atoms with E-state index in [9.17, 15) is 5.11 Å². The standard InChI is InChI=1S/C34H47O3P/c1-21-17-23(32(3,4)5)19-26(36-12)30(21)38(28-16-14-15-25(29(28)35)34(9,10)11)31-22(2)18-24(33(6,7)8)20-27(31)37-13/h14-20,35H,1-13H3. The van der Waals surface area contributed by atoms with Crippen molar-refractivity contribution in [3.05, 3.63) is 70.3 Å². The number of benzene rings is 3. The number of phenolic OH excluding ortho intramolecular Hbond substituents is 1. The van der Waals surface area contributed by atoms with E-state index in [1.54, 1.807) is 14.2 Å². The highest BCUT2D eigenvalue weighted by atomic mass is 31.1. The summed E-state index contributed by atoms with van der Waals surface area (Å²) in [6.07, 6.45) is 0. The van der Waals surface area contributed by atoms with Crippen molar-refractivity contribution >= 4 is 23.8 Å². The zero-order valence-corrected chi connectivity index (χ0v) is 26.6. The molecule has 1 N–H and O–H groups in total. The molecule has 0 atom stereocenters. The molecule has 4 heteroatoms. The lowest BCUT2D eigenvalue weighted by Crippen LogP contribution is -2.29. The van der Waals surface area contributed by atoms with Crippen LogP contribution in [0.3, 0.4) is 0 Å². The van der Waals surface area contributed by atoms with Gasteiger partial charge in [0, 0.05) is 15.9 Å². The van der Waals surface area contributed by atoms with Gasteiger partial charge in [-0.25, -0.2) is 0 Å². The van der Waals surface area contributed by atoms with Gasteiger partial charge in [0.15, 0.2) is 0 Å². The van der Waals surface area contributed by atoms with Gasteiger partial charge in [0.2, 0.25) is 0 Å². The van der Waals surface area contributed by atoms with E-state index in [4.69, 9.17) is 9.47 Å². The Morgan fingerprint density at radius 3 is 1.39 bits per heavy atom. The van der Waals surface area contributed by atoms with Crippen LogP contribution in [0.2, 0.25) is 0 Å². The molecule has 38 heavy (non-hydrogen) atoms. The summed E-state index contributed by atoms with van der Waals surface area (Å²) in [6.45, 7) is 24.1. The van der Waals surface area contributed by atoms with Gasteiger partial charge in [-0.3, -0.25) is 0 Å². The third kappa shape index (κ3) is 5.89. The van der Waals surface area contributed by atoms with Crippen molar-refractivity contribution in [3.8, 4) is 17.2 Å². The first-order chi connectivity index (χ1) is 17.4. The number of aryl methyl sites for hydroxylation is 2. The Morgan fingerprint density at radius 2 is 1.05 bits per heavy atom. The predicted molar refractivity (Wildman–Crippen MR) is 165 cm³/mol. The molecule has 3 rings (SSSR count). The summed E-state index contributed by atoms with van der Waals surface area (Å²) in [5.41, 5.74) is 5.46. The molecule has 0 amide bonds. The number of hydrogen-bond acceptors (Lipinski definition) is 3. The third-order valence-electron chi connectivity index (χ3n) is 7.21. The molecule has 3 aromatic carbocycles. The van der Waals surface area contributed by atoms with Gasteiger partial charge in [-0.1, -0.05) is 92.6 Å². The van der Waals surface area contributed by atoms with Crippen molar-refractivity contribution < 1.29 is 14.6 Å². The summed E-state index contributed by atoms with van der Waals surface area (Å²) in [4.78, 5) is 0. The van der Waals surface area contributed by atoms with Crippen LogP contribution < -0.4 is 25.4 Å². The van der Waals surface area contributed by atoms with E-state index >= 15 is 0 Å². The van der Waals surface area contributed by atoms with Crippen molar-refractivity contribution in [2.45, 2.75) is 92.4 Å². The number of hydrogen-bond donors (Lipinski definition) is 1. The van der Waals surface area contributed by atoms with Crippen LogP contribution >= 0.6 is 7.92 Å². The monoisotopic (exact) mass is 534 g/mol. The molecule has 206 valence electrons. The molecule has 0 bridgehead atoms. The maximum absolute atomic E-state index is 11.8. The summed E-state index contributed by atoms with van der Waals surface area (Å²) in [7, 11) is 2.27. The molecule has 0 aliphatic rings. The summed E-state index contributed by atoms with van der Waals surface area (Å²) in [5, 5.41) is 15.0. The molecule has 0 heterocycles. The van der Waals surface area contributed by atoms with Crippen LogP contribution in [0.4, 0.5) is 0 Å². The molecule has 0 saturated heterocycles. The van der Waals surface area contributed by atoms with Crippen LogP contribution in [0.1, 0.15) is 90.1 Å². The maximum atomic E-state index is 11.8. The fraction of sp³-hybridized carbons (Fsp3) is 0.471. The molecule has 0 fully saturated rings. The van der Waals surface area contributed by atoms with Gasteiger partial charge in [0.05, 0.1) is 14.2 Å². The lowest BCUT2D eigenvalue weighted by molar-refractivity contribution is 0.415. The van der Waals surface area contributed by atoms with Gasteiger partial charge in [-0.15, -0.1) is 0 Å². The number of phenols is 1. The summed E-state index contributed by atoms with van der Waals surface area (Å²) in [6, 6.07) is 15.1. The molecule has 3 aromatic rings. The van der Waals surface area contributed by atoms with Crippen LogP contribution in [0.5, 0.6) is 17.2 Å². The molecule has 0 aromatic heterocycles. The van der Waals surface area contributed by atoms with E-state index in [0.717, 1.165) is 44.1 Å². The molecule has 0 unspecified atom stereocenters. The molecule has 0 aliphatic carbocycles. The van der Waals surface area contributed by atoms with Crippen molar-refractivity contribution in [2.75, 3.05) is 14.2 Å². The molecule has 0 saturated carbocycles. The highest BCUT2D eigenvalue weighted by molar-refractivity contribution is 7.80. The summed E-state index contributed by atoms with van der Waals surface area (Å²) < 4.78 is 12.2.